The van der Waals surface area contributed by atoms with Gasteiger partial charge in [-0.2, -0.15) is 4.39 Å². The lowest BCUT2D eigenvalue weighted by Gasteiger charge is -2.05. The van der Waals surface area contributed by atoms with E-state index in [1.165, 1.54) is 24.3 Å². The Bertz CT molecular complexity index is 1890. The second-order valence-electron chi connectivity index (χ2n) is 9.74. The summed E-state index contributed by atoms with van der Waals surface area (Å²) >= 11 is 0. The zero-order valence-corrected chi connectivity index (χ0v) is 30.7. The summed E-state index contributed by atoms with van der Waals surface area (Å²) in [5.74, 6) is -2.95. The number of nitro groups is 2. The van der Waals surface area contributed by atoms with Crippen LogP contribution in [0, 0.1) is 49.3 Å². The number of carbonyl (C=O) groups is 1. The average Bonchev–Trinajstić information content (AvgIpc) is 3.54. The molecule has 20 heteroatoms. The van der Waals surface area contributed by atoms with E-state index in [0.29, 0.717) is 24.0 Å². The SMILES string of the molecule is CCN.CCNc1cc(F)ccc1N.CCNc1cc(F)ccc1[N+](=O)[O-].CCn1cnc2ccc(F)cc21.CO.O=CO.O=[N+]([O-])c1ccc(F)cc1F. The maximum absolute atomic E-state index is 12.8. The van der Waals surface area contributed by atoms with Crippen molar-refractivity contribution in [2.75, 3.05) is 43.1 Å². The van der Waals surface area contributed by atoms with Gasteiger partial charge in [0.15, 0.2) is 0 Å². The minimum Gasteiger partial charge on any atom is -0.483 e. The van der Waals surface area contributed by atoms with Crippen LogP contribution in [0.5, 0.6) is 0 Å². The van der Waals surface area contributed by atoms with Gasteiger partial charge in [-0.15, -0.1) is 0 Å². The van der Waals surface area contributed by atoms with E-state index in [2.05, 4.69) is 15.6 Å². The Balaban J connectivity index is 0. The van der Waals surface area contributed by atoms with Crippen LogP contribution in [0.4, 0.5) is 50.4 Å². The van der Waals surface area contributed by atoms with Gasteiger partial charge < -0.3 is 36.9 Å². The fraction of sp³-hybridized carbons (Fsp3) is 0.257. The molecule has 0 aliphatic carbocycles. The summed E-state index contributed by atoms with van der Waals surface area (Å²) < 4.78 is 64.5. The van der Waals surface area contributed by atoms with Gasteiger partial charge >= 0.3 is 5.69 Å². The predicted molar refractivity (Wildman–Crippen MR) is 202 cm³/mol. The van der Waals surface area contributed by atoms with Gasteiger partial charge in [0.05, 0.1) is 38.6 Å². The predicted octanol–water partition coefficient (Wildman–Crippen LogP) is 7.35. The highest BCUT2D eigenvalue weighted by Gasteiger charge is 2.14. The normalized spacial score (nSPS) is 9.16. The number of carboxylic acid groups (broad SMARTS) is 1. The summed E-state index contributed by atoms with van der Waals surface area (Å²) in [6.45, 7) is 10.2. The number of fused-ring (bicyclic) bond motifs is 1. The lowest BCUT2D eigenvalue weighted by atomic mass is 10.2. The largest absolute Gasteiger partial charge is 0.483 e. The Hall–Kier alpha value is -6.41. The summed E-state index contributed by atoms with van der Waals surface area (Å²) in [7, 11) is 1.00. The summed E-state index contributed by atoms with van der Waals surface area (Å²) in [5.41, 5.74) is 12.7. The zero-order valence-electron chi connectivity index (χ0n) is 30.7. The molecule has 0 aliphatic heterocycles. The van der Waals surface area contributed by atoms with E-state index in [9.17, 15) is 42.2 Å². The van der Waals surface area contributed by atoms with Crippen LogP contribution in [0.2, 0.25) is 0 Å². The molecule has 0 radical (unpaired) electrons. The number of nitrogens with one attached hydrogen (secondary N) is 2. The maximum atomic E-state index is 12.8. The van der Waals surface area contributed by atoms with Crippen molar-refractivity contribution in [3.05, 3.63) is 128 Å². The Labute approximate surface area is 313 Å². The first-order chi connectivity index (χ1) is 26.1. The fourth-order valence-electron chi connectivity index (χ4n) is 3.78. The lowest BCUT2D eigenvalue weighted by Crippen LogP contribution is -2.01. The number of aliphatic hydroxyl groups excluding tert-OH is 1. The molecule has 0 spiro atoms. The molecule has 5 rings (SSSR count). The molecule has 0 bridgehead atoms. The highest BCUT2D eigenvalue weighted by atomic mass is 19.1. The first-order valence-electron chi connectivity index (χ1n) is 16.0. The number of anilines is 3. The van der Waals surface area contributed by atoms with Gasteiger partial charge in [0.1, 0.15) is 29.0 Å². The van der Waals surface area contributed by atoms with Gasteiger partial charge in [0.2, 0.25) is 5.82 Å². The zero-order chi connectivity index (χ0) is 42.5. The summed E-state index contributed by atoms with van der Waals surface area (Å²) in [4.78, 5) is 31.5. The van der Waals surface area contributed by atoms with Crippen molar-refractivity contribution in [1.29, 1.82) is 0 Å². The number of hydrogen-bond donors (Lipinski definition) is 6. The number of aliphatic hydroxyl groups is 1. The molecule has 1 heterocycles. The average molecular weight is 785 g/mol. The topological polar surface area (TPSA) is 238 Å². The van der Waals surface area contributed by atoms with Gasteiger partial charge in [0, 0.05) is 51.0 Å². The molecule has 0 aliphatic rings. The highest BCUT2D eigenvalue weighted by Crippen LogP contribution is 2.24. The Kier molecular flexibility index (Phi) is 26.8. The first kappa shape index (κ1) is 50.7. The van der Waals surface area contributed by atoms with E-state index >= 15 is 0 Å². The number of nitrogens with zero attached hydrogens (tertiary/aromatic N) is 4. The summed E-state index contributed by atoms with van der Waals surface area (Å²) in [6.07, 6.45) is 1.73. The number of aromatic nitrogens is 2. The van der Waals surface area contributed by atoms with Crippen molar-refractivity contribution >= 4 is 45.9 Å². The molecule has 0 saturated carbocycles. The van der Waals surface area contributed by atoms with Crippen molar-refractivity contribution in [1.82, 2.24) is 9.55 Å². The number of nitrogens with two attached hydrogens (primary N) is 2. The number of nitrogen functional groups attached to an aromatic ring is 1. The van der Waals surface area contributed by atoms with Crippen LogP contribution in [0.1, 0.15) is 27.7 Å². The highest BCUT2D eigenvalue weighted by molar-refractivity contribution is 5.75. The molecule has 0 saturated heterocycles. The third-order valence-electron chi connectivity index (χ3n) is 5.94. The molecule has 5 aromatic rings. The Morgan fingerprint density at radius 2 is 1.16 bits per heavy atom. The van der Waals surface area contributed by atoms with Crippen molar-refractivity contribution < 1.29 is 46.8 Å². The second kappa shape index (κ2) is 29.1. The minimum absolute atomic E-state index is 0.108. The number of nitro benzene ring substituents is 2. The molecule has 0 amide bonds. The quantitative estimate of drug-likeness (QED) is 0.0312. The van der Waals surface area contributed by atoms with Crippen molar-refractivity contribution in [2.24, 2.45) is 5.73 Å². The number of hydrogen-bond acceptors (Lipinski definition) is 11. The fourth-order valence-corrected chi connectivity index (χ4v) is 3.78. The van der Waals surface area contributed by atoms with E-state index in [4.69, 9.17) is 26.5 Å². The van der Waals surface area contributed by atoms with Crippen molar-refractivity contribution in [3.63, 3.8) is 0 Å². The molecular formula is C35H45F5N8O7. The third kappa shape index (κ3) is 19.9. The smallest absolute Gasteiger partial charge is 0.304 e. The van der Waals surface area contributed by atoms with Gasteiger partial charge in [-0.1, -0.05) is 6.92 Å². The number of benzene rings is 4. The number of imidazole rings is 1. The maximum Gasteiger partial charge on any atom is 0.304 e. The van der Waals surface area contributed by atoms with Gasteiger partial charge in [-0.05, 0) is 75.8 Å². The number of rotatable bonds is 7. The van der Waals surface area contributed by atoms with E-state index in [-0.39, 0.29) is 29.5 Å². The number of halogens is 5. The summed E-state index contributed by atoms with van der Waals surface area (Å²) in [5, 5.41) is 40.0. The molecule has 0 fully saturated rings. The Morgan fingerprint density at radius 1 is 0.745 bits per heavy atom. The molecule has 0 unspecified atom stereocenters. The van der Waals surface area contributed by atoms with Crippen LogP contribution >= 0.6 is 0 Å². The van der Waals surface area contributed by atoms with Crippen LogP contribution in [-0.4, -0.2) is 62.8 Å². The van der Waals surface area contributed by atoms with Crippen LogP contribution in [0.15, 0.2) is 79.1 Å². The lowest BCUT2D eigenvalue weighted by molar-refractivity contribution is -0.387. The second-order valence-corrected chi connectivity index (χ2v) is 9.74. The first-order valence-corrected chi connectivity index (χ1v) is 16.0. The monoisotopic (exact) mass is 784 g/mol. The molecule has 4 aromatic carbocycles. The molecule has 1 aromatic heterocycles. The van der Waals surface area contributed by atoms with E-state index in [1.54, 1.807) is 25.4 Å². The molecule has 302 valence electrons. The van der Waals surface area contributed by atoms with Crippen LogP contribution in [-0.2, 0) is 11.3 Å². The van der Waals surface area contributed by atoms with Gasteiger partial charge in [0.25, 0.3) is 12.2 Å². The Morgan fingerprint density at radius 3 is 1.64 bits per heavy atom. The summed E-state index contributed by atoms with van der Waals surface area (Å²) in [6, 6.07) is 14.3. The minimum atomic E-state index is -1.16. The molecule has 0 atom stereocenters. The number of aryl methyl sites for hydroxylation is 1. The van der Waals surface area contributed by atoms with Crippen LogP contribution in [0.25, 0.3) is 11.0 Å². The molecule has 15 nitrogen and oxygen atoms in total. The molecule has 8 N–H and O–H groups in total. The molecule has 55 heavy (non-hydrogen) atoms. The standard InChI is InChI=1S/C9H9FN2.C8H9FN2O2.C8H11FN2.C6H3F2NO2.C2H7N.CH2O2.CH4O/c1-2-12-6-11-8-4-3-7(10)5-9(8)12;1-2-10-7-5-6(9)3-4-8(7)11(12)13;1-2-11-8-5-6(9)3-4-7(8)10;7-4-1-2-6(9(10)11)5(8)3-4;1-2-3;2-1-3;1-2/h3-6H,2H2,1H3;3-5,10H,2H2,1H3;3-5,11H,2,10H2,1H3;1-3H;2-3H2,1H3;1H,(H,2,3);2H,1H3. The van der Waals surface area contributed by atoms with E-state index < -0.39 is 33.0 Å². The third-order valence-corrected chi connectivity index (χ3v) is 5.94. The van der Waals surface area contributed by atoms with E-state index in [1.807, 2.05) is 25.3 Å². The van der Waals surface area contributed by atoms with Crippen molar-refractivity contribution in [3.8, 4) is 0 Å². The molecular weight excluding hydrogens is 739 g/mol. The van der Waals surface area contributed by atoms with Crippen molar-refractivity contribution in [2.45, 2.75) is 34.2 Å². The van der Waals surface area contributed by atoms with Gasteiger partial charge in [-0.3, -0.25) is 25.0 Å². The van der Waals surface area contributed by atoms with Crippen LogP contribution < -0.4 is 22.1 Å². The van der Waals surface area contributed by atoms with Crippen LogP contribution in [0.3, 0.4) is 0 Å². The van der Waals surface area contributed by atoms with E-state index in [0.717, 1.165) is 68.1 Å². The van der Waals surface area contributed by atoms with Gasteiger partial charge in [-0.25, -0.2) is 22.5 Å².